The number of carboxylic acid groups (broad SMARTS) is 1. The van der Waals surface area contributed by atoms with Gasteiger partial charge in [-0.15, -0.1) is 0 Å². The number of nitrogens with one attached hydrogen (secondary N) is 1. The Labute approximate surface area is 117 Å². The Kier molecular flexibility index (Phi) is 5.09. The van der Waals surface area contributed by atoms with Gasteiger partial charge in [-0.05, 0) is 26.0 Å². The van der Waals surface area contributed by atoms with Crippen LogP contribution >= 0.6 is 0 Å². The van der Waals surface area contributed by atoms with E-state index in [0.717, 1.165) is 6.92 Å². The van der Waals surface area contributed by atoms with E-state index >= 15 is 0 Å². The van der Waals surface area contributed by atoms with Crippen LogP contribution in [0, 0.1) is 0 Å². The number of sulfonamides is 1. The van der Waals surface area contributed by atoms with Crippen LogP contribution in [0.3, 0.4) is 0 Å². The SMILES string of the molecule is CCOc1cccc(S(=O)(=O)NCC(C)(O)C(=O)O)c1. The fraction of sp³-hybridized carbons (Fsp3) is 0.417. The standard InChI is InChI=1S/C12H17NO6S/c1-3-19-9-5-4-6-10(7-9)20(17,18)13-8-12(2,16)11(14)15/h4-7,13,16H,3,8H2,1-2H3,(H,14,15). The summed E-state index contributed by atoms with van der Waals surface area (Å²) in [6, 6.07) is 5.78. The van der Waals surface area contributed by atoms with Crippen molar-refractivity contribution >= 4 is 16.0 Å². The molecule has 0 aliphatic rings. The van der Waals surface area contributed by atoms with Crippen molar-refractivity contribution in [2.45, 2.75) is 24.3 Å². The average Bonchev–Trinajstić information content (AvgIpc) is 2.37. The summed E-state index contributed by atoms with van der Waals surface area (Å²) in [5.41, 5.74) is -2.18. The molecule has 0 aliphatic carbocycles. The summed E-state index contributed by atoms with van der Waals surface area (Å²) in [4.78, 5) is 10.6. The van der Waals surface area contributed by atoms with E-state index in [1.54, 1.807) is 13.0 Å². The molecule has 0 aromatic heterocycles. The van der Waals surface area contributed by atoms with Crippen LogP contribution in [0.5, 0.6) is 5.75 Å². The van der Waals surface area contributed by atoms with Crippen LogP contribution in [-0.4, -0.2) is 43.4 Å². The number of aliphatic carboxylic acids is 1. The molecule has 20 heavy (non-hydrogen) atoms. The third kappa shape index (κ3) is 4.19. The molecule has 0 fully saturated rings. The molecule has 0 saturated carbocycles. The molecule has 0 bridgehead atoms. The highest BCUT2D eigenvalue weighted by molar-refractivity contribution is 7.89. The van der Waals surface area contributed by atoms with Gasteiger partial charge in [-0.25, -0.2) is 17.9 Å². The molecule has 0 aliphatic heterocycles. The number of carbonyl (C=O) groups is 1. The molecule has 3 N–H and O–H groups in total. The first-order valence-corrected chi connectivity index (χ1v) is 7.35. The van der Waals surface area contributed by atoms with Crippen LogP contribution in [0.4, 0.5) is 0 Å². The number of rotatable bonds is 7. The third-order valence-corrected chi connectivity index (χ3v) is 3.89. The number of aliphatic hydroxyl groups is 1. The van der Waals surface area contributed by atoms with Crippen molar-refractivity contribution in [3.63, 3.8) is 0 Å². The Morgan fingerprint density at radius 3 is 2.65 bits per heavy atom. The van der Waals surface area contributed by atoms with E-state index in [1.165, 1.54) is 18.2 Å². The second-order valence-electron chi connectivity index (χ2n) is 4.31. The van der Waals surface area contributed by atoms with Crippen molar-refractivity contribution in [1.29, 1.82) is 0 Å². The van der Waals surface area contributed by atoms with Crippen LogP contribution in [0.25, 0.3) is 0 Å². The summed E-state index contributed by atoms with van der Waals surface area (Å²) in [5, 5.41) is 18.2. The molecule has 1 atom stereocenters. The maximum Gasteiger partial charge on any atom is 0.336 e. The van der Waals surface area contributed by atoms with Crippen molar-refractivity contribution in [1.82, 2.24) is 4.72 Å². The molecule has 0 amide bonds. The maximum atomic E-state index is 12.0. The van der Waals surface area contributed by atoms with E-state index in [0.29, 0.717) is 12.4 Å². The second kappa shape index (κ2) is 6.21. The molecule has 7 nitrogen and oxygen atoms in total. The highest BCUT2D eigenvalue weighted by Gasteiger charge is 2.31. The minimum atomic E-state index is -3.92. The number of benzene rings is 1. The molecule has 1 aromatic carbocycles. The summed E-state index contributed by atoms with van der Waals surface area (Å²) >= 11 is 0. The van der Waals surface area contributed by atoms with Gasteiger partial charge in [0, 0.05) is 6.07 Å². The lowest BCUT2D eigenvalue weighted by atomic mass is 10.1. The largest absolute Gasteiger partial charge is 0.494 e. The number of carboxylic acids is 1. The van der Waals surface area contributed by atoms with Gasteiger partial charge in [0.2, 0.25) is 10.0 Å². The summed E-state index contributed by atoms with van der Waals surface area (Å²) in [7, 11) is -3.92. The quantitative estimate of drug-likeness (QED) is 0.663. The van der Waals surface area contributed by atoms with E-state index in [1.807, 2.05) is 0 Å². The Hall–Kier alpha value is -1.64. The molecule has 0 radical (unpaired) electrons. The van der Waals surface area contributed by atoms with Gasteiger partial charge < -0.3 is 14.9 Å². The van der Waals surface area contributed by atoms with Gasteiger partial charge >= 0.3 is 5.97 Å². The van der Waals surface area contributed by atoms with Crippen molar-refractivity contribution < 1.29 is 28.2 Å². The van der Waals surface area contributed by atoms with Crippen molar-refractivity contribution in [2.75, 3.05) is 13.2 Å². The van der Waals surface area contributed by atoms with Crippen LogP contribution in [0.15, 0.2) is 29.2 Å². The monoisotopic (exact) mass is 303 g/mol. The lowest BCUT2D eigenvalue weighted by Crippen LogP contribution is -2.46. The number of ether oxygens (including phenoxy) is 1. The first kappa shape index (κ1) is 16.4. The minimum absolute atomic E-state index is 0.0651. The number of hydrogen-bond acceptors (Lipinski definition) is 5. The van der Waals surface area contributed by atoms with Crippen LogP contribution in [0.1, 0.15) is 13.8 Å². The minimum Gasteiger partial charge on any atom is -0.494 e. The fourth-order valence-corrected chi connectivity index (χ4v) is 2.46. The molecule has 1 rings (SSSR count). The molecule has 112 valence electrons. The first-order chi connectivity index (χ1) is 9.19. The molecule has 8 heteroatoms. The lowest BCUT2D eigenvalue weighted by Gasteiger charge is -2.18. The zero-order valence-corrected chi connectivity index (χ0v) is 12.0. The van der Waals surface area contributed by atoms with Gasteiger partial charge in [-0.3, -0.25) is 0 Å². The Morgan fingerprint density at radius 1 is 1.45 bits per heavy atom. The van der Waals surface area contributed by atoms with E-state index in [2.05, 4.69) is 4.72 Å². The van der Waals surface area contributed by atoms with Crippen molar-refractivity contribution in [2.24, 2.45) is 0 Å². The summed E-state index contributed by atoms with van der Waals surface area (Å²) in [6.07, 6.45) is 0. The topological polar surface area (TPSA) is 113 Å². The van der Waals surface area contributed by atoms with E-state index in [4.69, 9.17) is 9.84 Å². The van der Waals surface area contributed by atoms with Gasteiger partial charge in [-0.1, -0.05) is 6.07 Å². The van der Waals surface area contributed by atoms with Crippen molar-refractivity contribution in [3.05, 3.63) is 24.3 Å². The zero-order valence-electron chi connectivity index (χ0n) is 11.2. The zero-order chi connectivity index (χ0) is 15.4. The predicted molar refractivity (Wildman–Crippen MR) is 71.1 cm³/mol. The molecule has 1 unspecified atom stereocenters. The molecule has 0 spiro atoms. The summed E-state index contributed by atoms with van der Waals surface area (Å²) < 4.78 is 31.2. The van der Waals surface area contributed by atoms with Crippen molar-refractivity contribution in [3.8, 4) is 5.75 Å². The highest BCUT2D eigenvalue weighted by Crippen LogP contribution is 2.17. The van der Waals surface area contributed by atoms with E-state index < -0.39 is 28.1 Å². The molecule has 1 aromatic rings. The highest BCUT2D eigenvalue weighted by atomic mass is 32.2. The molecule has 0 saturated heterocycles. The Balaban J connectivity index is 2.89. The van der Waals surface area contributed by atoms with E-state index in [-0.39, 0.29) is 4.90 Å². The van der Waals surface area contributed by atoms with Crippen LogP contribution in [-0.2, 0) is 14.8 Å². The molecular formula is C12H17NO6S. The molecular weight excluding hydrogens is 286 g/mol. The first-order valence-electron chi connectivity index (χ1n) is 5.87. The van der Waals surface area contributed by atoms with E-state index in [9.17, 15) is 18.3 Å². The second-order valence-corrected chi connectivity index (χ2v) is 6.08. The lowest BCUT2D eigenvalue weighted by molar-refractivity contribution is -0.155. The normalized spacial score (nSPS) is 14.6. The van der Waals surface area contributed by atoms with Gasteiger partial charge in [0.15, 0.2) is 5.60 Å². The third-order valence-electron chi connectivity index (χ3n) is 2.49. The summed E-state index contributed by atoms with van der Waals surface area (Å²) in [5.74, 6) is -1.12. The summed E-state index contributed by atoms with van der Waals surface area (Å²) in [6.45, 7) is 2.53. The maximum absolute atomic E-state index is 12.0. The fourth-order valence-electron chi connectivity index (χ4n) is 1.29. The van der Waals surface area contributed by atoms with Gasteiger partial charge in [-0.2, -0.15) is 0 Å². The average molecular weight is 303 g/mol. The smallest absolute Gasteiger partial charge is 0.336 e. The van der Waals surface area contributed by atoms with Crippen LogP contribution in [0.2, 0.25) is 0 Å². The van der Waals surface area contributed by atoms with Gasteiger partial charge in [0.1, 0.15) is 5.75 Å². The molecule has 0 heterocycles. The van der Waals surface area contributed by atoms with Gasteiger partial charge in [0.25, 0.3) is 0 Å². The van der Waals surface area contributed by atoms with Crippen LogP contribution < -0.4 is 9.46 Å². The van der Waals surface area contributed by atoms with Gasteiger partial charge in [0.05, 0.1) is 18.0 Å². The number of hydrogen-bond donors (Lipinski definition) is 3. The predicted octanol–water partition coefficient (Wildman–Crippen LogP) is 0.199. The Morgan fingerprint density at radius 2 is 2.10 bits per heavy atom. The Bertz CT molecular complexity index is 581.